The molecule has 0 unspecified atom stereocenters. The fraction of sp³-hybridized carbons (Fsp3) is 0.227. The van der Waals surface area contributed by atoms with Crippen LogP contribution >= 0.6 is 0 Å². The van der Waals surface area contributed by atoms with E-state index in [4.69, 9.17) is 9.47 Å². The number of nitrogens with zero attached hydrogens (tertiary/aromatic N) is 2. The number of anilines is 1. The van der Waals surface area contributed by atoms with Gasteiger partial charge in [0.25, 0.3) is 5.56 Å². The molecule has 0 aliphatic rings. The zero-order valence-electron chi connectivity index (χ0n) is 16.4. The van der Waals surface area contributed by atoms with Gasteiger partial charge in [0.2, 0.25) is 5.91 Å². The van der Waals surface area contributed by atoms with Crippen LogP contribution in [-0.2, 0) is 11.3 Å². The van der Waals surface area contributed by atoms with Gasteiger partial charge in [0, 0.05) is 30.3 Å². The van der Waals surface area contributed by atoms with Crippen LogP contribution in [0.4, 0.5) is 5.69 Å². The largest absolute Gasteiger partial charge is 0.497 e. The number of carbonyl (C=O) groups excluding carboxylic acids is 1. The summed E-state index contributed by atoms with van der Waals surface area (Å²) in [6, 6.07) is 17.8. The number of amides is 1. The van der Waals surface area contributed by atoms with Crippen molar-refractivity contribution in [3.63, 3.8) is 0 Å². The Morgan fingerprint density at radius 3 is 2.48 bits per heavy atom. The van der Waals surface area contributed by atoms with Gasteiger partial charge in [-0.05, 0) is 48.9 Å². The van der Waals surface area contributed by atoms with E-state index in [2.05, 4.69) is 10.4 Å². The predicted octanol–water partition coefficient (Wildman–Crippen LogP) is 3.35. The lowest BCUT2D eigenvalue weighted by atomic mass is 10.1. The monoisotopic (exact) mass is 393 g/mol. The van der Waals surface area contributed by atoms with E-state index in [0.29, 0.717) is 24.3 Å². The molecule has 0 aliphatic carbocycles. The normalized spacial score (nSPS) is 10.4. The summed E-state index contributed by atoms with van der Waals surface area (Å²) in [6.45, 7) is 0.354. The standard InChI is InChI=1S/C22H23N3O4/c1-28-18-10-8-17(9-11-18)23-21(26)7-4-14-25-22(27)13-12-20(24-25)16-5-3-6-19(15-16)29-2/h3,5-6,8-13,15H,4,7,14H2,1-2H3,(H,23,26). The van der Waals surface area contributed by atoms with E-state index in [9.17, 15) is 9.59 Å². The van der Waals surface area contributed by atoms with Crippen molar-refractivity contribution in [3.8, 4) is 22.8 Å². The highest BCUT2D eigenvalue weighted by Crippen LogP contribution is 2.21. The van der Waals surface area contributed by atoms with Crippen molar-refractivity contribution >= 4 is 11.6 Å². The van der Waals surface area contributed by atoms with Gasteiger partial charge in [-0.3, -0.25) is 9.59 Å². The van der Waals surface area contributed by atoms with Gasteiger partial charge in [0.05, 0.1) is 19.9 Å². The molecular formula is C22H23N3O4. The minimum Gasteiger partial charge on any atom is -0.497 e. The SMILES string of the molecule is COc1ccc(NC(=O)CCCn2nc(-c3cccc(OC)c3)ccc2=O)cc1. The summed E-state index contributed by atoms with van der Waals surface area (Å²) in [4.78, 5) is 24.3. The molecule has 3 rings (SSSR count). The van der Waals surface area contributed by atoms with Crippen LogP contribution in [0.1, 0.15) is 12.8 Å². The van der Waals surface area contributed by atoms with E-state index < -0.39 is 0 Å². The molecule has 29 heavy (non-hydrogen) atoms. The number of carbonyl (C=O) groups is 1. The fourth-order valence-corrected chi connectivity index (χ4v) is 2.83. The van der Waals surface area contributed by atoms with Gasteiger partial charge >= 0.3 is 0 Å². The molecule has 150 valence electrons. The highest BCUT2D eigenvalue weighted by molar-refractivity contribution is 5.90. The molecule has 0 saturated carbocycles. The first-order valence-corrected chi connectivity index (χ1v) is 9.25. The number of hydrogen-bond acceptors (Lipinski definition) is 5. The average Bonchev–Trinajstić information content (AvgIpc) is 2.75. The van der Waals surface area contributed by atoms with Crippen LogP contribution in [0, 0.1) is 0 Å². The third-order valence-electron chi connectivity index (χ3n) is 4.38. The Morgan fingerprint density at radius 1 is 1.00 bits per heavy atom. The Labute approximate surface area is 168 Å². The molecule has 1 amide bonds. The topological polar surface area (TPSA) is 82.4 Å². The zero-order chi connectivity index (χ0) is 20.6. The van der Waals surface area contributed by atoms with E-state index in [1.807, 2.05) is 24.3 Å². The molecular weight excluding hydrogens is 370 g/mol. The third-order valence-corrected chi connectivity index (χ3v) is 4.38. The lowest BCUT2D eigenvalue weighted by Crippen LogP contribution is -2.23. The van der Waals surface area contributed by atoms with E-state index in [0.717, 1.165) is 17.1 Å². The lowest BCUT2D eigenvalue weighted by molar-refractivity contribution is -0.116. The van der Waals surface area contributed by atoms with Crippen molar-refractivity contribution in [1.29, 1.82) is 0 Å². The van der Waals surface area contributed by atoms with Crippen LogP contribution in [0.3, 0.4) is 0 Å². The number of hydrogen-bond donors (Lipinski definition) is 1. The molecule has 0 fully saturated rings. The van der Waals surface area contributed by atoms with Crippen molar-refractivity contribution in [3.05, 3.63) is 71.0 Å². The third kappa shape index (κ3) is 5.44. The van der Waals surface area contributed by atoms with Crippen LogP contribution in [0.5, 0.6) is 11.5 Å². The van der Waals surface area contributed by atoms with Crippen molar-refractivity contribution in [1.82, 2.24) is 9.78 Å². The maximum atomic E-state index is 12.1. The second kappa shape index (κ2) is 9.54. The molecule has 2 aromatic carbocycles. The van der Waals surface area contributed by atoms with Crippen LogP contribution < -0.4 is 20.3 Å². The van der Waals surface area contributed by atoms with E-state index in [1.165, 1.54) is 10.7 Å². The summed E-state index contributed by atoms with van der Waals surface area (Å²) in [5, 5.41) is 7.25. The molecule has 1 N–H and O–H groups in total. The number of rotatable bonds is 8. The van der Waals surface area contributed by atoms with Crippen LogP contribution in [0.2, 0.25) is 0 Å². The second-order valence-corrected chi connectivity index (χ2v) is 6.39. The summed E-state index contributed by atoms with van der Waals surface area (Å²) in [5.74, 6) is 1.33. The average molecular weight is 393 g/mol. The number of aryl methyl sites for hydroxylation is 1. The first-order chi connectivity index (χ1) is 14.1. The first-order valence-electron chi connectivity index (χ1n) is 9.25. The Bertz CT molecular complexity index is 1030. The smallest absolute Gasteiger partial charge is 0.266 e. The summed E-state index contributed by atoms with van der Waals surface area (Å²) in [7, 11) is 3.19. The van der Waals surface area contributed by atoms with Crippen LogP contribution in [-0.4, -0.2) is 29.9 Å². The van der Waals surface area contributed by atoms with Gasteiger partial charge in [-0.1, -0.05) is 12.1 Å². The van der Waals surface area contributed by atoms with Crippen molar-refractivity contribution in [2.75, 3.05) is 19.5 Å². The summed E-state index contributed by atoms with van der Waals surface area (Å²) >= 11 is 0. The van der Waals surface area contributed by atoms with Gasteiger partial charge in [-0.25, -0.2) is 4.68 Å². The first kappa shape index (κ1) is 20.1. The summed E-state index contributed by atoms with van der Waals surface area (Å²) < 4.78 is 11.7. The molecule has 3 aromatic rings. The maximum absolute atomic E-state index is 12.1. The van der Waals surface area contributed by atoms with Crippen molar-refractivity contribution in [2.24, 2.45) is 0 Å². The van der Waals surface area contributed by atoms with Gasteiger partial charge in [0.15, 0.2) is 0 Å². The van der Waals surface area contributed by atoms with Crippen molar-refractivity contribution < 1.29 is 14.3 Å². The van der Waals surface area contributed by atoms with Gasteiger partial charge < -0.3 is 14.8 Å². The summed E-state index contributed by atoms with van der Waals surface area (Å²) in [5.41, 5.74) is 2.03. The van der Waals surface area contributed by atoms with Gasteiger partial charge in [-0.15, -0.1) is 0 Å². The minimum atomic E-state index is -0.202. The Balaban J connectivity index is 1.59. The highest BCUT2D eigenvalue weighted by atomic mass is 16.5. The number of nitrogens with one attached hydrogen (secondary N) is 1. The predicted molar refractivity (Wildman–Crippen MR) is 111 cm³/mol. The molecule has 7 heteroatoms. The van der Waals surface area contributed by atoms with E-state index >= 15 is 0 Å². The molecule has 0 atom stereocenters. The fourth-order valence-electron chi connectivity index (χ4n) is 2.83. The van der Waals surface area contributed by atoms with E-state index in [1.54, 1.807) is 44.6 Å². The second-order valence-electron chi connectivity index (χ2n) is 6.39. The molecule has 1 aromatic heterocycles. The zero-order valence-corrected chi connectivity index (χ0v) is 16.4. The number of methoxy groups -OCH3 is 2. The molecule has 7 nitrogen and oxygen atoms in total. The van der Waals surface area contributed by atoms with Crippen LogP contribution in [0.25, 0.3) is 11.3 Å². The highest BCUT2D eigenvalue weighted by Gasteiger charge is 2.07. The molecule has 0 radical (unpaired) electrons. The van der Waals surface area contributed by atoms with E-state index in [-0.39, 0.29) is 17.9 Å². The molecule has 0 bridgehead atoms. The van der Waals surface area contributed by atoms with Crippen LogP contribution in [0.15, 0.2) is 65.5 Å². The van der Waals surface area contributed by atoms with Gasteiger partial charge in [-0.2, -0.15) is 5.10 Å². The minimum absolute atomic E-state index is 0.118. The Morgan fingerprint density at radius 2 is 1.76 bits per heavy atom. The van der Waals surface area contributed by atoms with Crippen molar-refractivity contribution in [2.45, 2.75) is 19.4 Å². The lowest BCUT2D eigenvalue weighted by Gasteiger charge is -2.09. The number of benzene rings is 2. The number of ether oxygens (including phenoxy) is 2. The molecule has 0 spiro atoms. The molecule has 0 aliphatic heterocycles. The molecule has 1 heterocycles. The quantitative estimate of drug-likeness (QED) is 0.635. The maximum Gasteiger partial charge on any atom is 0.266 e. The Kier molecular flexibility index (Phi) is 6.63. The number of aromatic nitrogens is 2. The van der Waals surface area contributed by atoms with Gasteiger partial charge in [0.1, 0.15) is 11.5 Å². The Hall–Kier alpha value is -3.61. The molecule has 0 saturated heterocycles. The summed E-state index contributed by atoms with van der Waals surface area (Å²) in [6.07, 6.45) is 0.778.